The summed E-state index contributed by atoms with van der Waals surface area (Å²) in [5.74, 6) is -0.643. The molecule has 2 N–H and O–H groups in total. The Morgan fingerprint density at radius 2 is 2.10 bits per heavy atom. The molecule has 1 heterocycles. The van der Waals surface area contributed by atoms with Crippen molar-refractivity contribution in [1.29, 1.82) is 0 Å². The molecule has 6 heteroatoms. The zero-order valence-electron chi connectivity index (χ0n) is 11.4. The van der Waals surface area contributed by atoms with Gasteiger partial charge in [0.15, 0.2) is 0 Å². The van der Waals surface area contributed by atoms with E-state index in [2.05, 4.69) is 17.2 Å². The number of urea groups is 1. The van der Waals surface area contributed by atoms with E-state index >= 15 is 0 Å². The van der Waals surface area contributed by atoms with E-state index in [0.29, 0.717) is 18.8 Å². The van der Waals surface area contributed by atoms with Crippen LogP contribution in [0.2, 0.25) is 0 Å². The summed E-state index contributed by atoms with van der Waals surface area (Å²) in [5, 5.41) is 5.28. The first-order valence-electron chi connectivity index (χ1n) is 6.50. The Hall–Kier alpha value is -2.63. The van der Waals surface area contributed by atoms with E-state index in [1.165, 1.54) is 29.2 Å². The van der Waals surface area contributed by atoms with Gasteiger partial charge >= 0.3 is 6.03 Å². The lowest BCUT2D eigenvalue weighted by molar-refractivity contribution is -0.123. The van der Waals surface area contributed by atoms with Crippen molar-refractivity contribution in [3.05, 3.63) is 54.9 Å². The molecule has 1 atom stereocenters. The quantitative estimate of drug-likeness (QED) is 0.832. The number of anilines is 1. The zero-order chi connectivity index (χ0) is 15.2. The Balaban J connectivity index is 1.99. The van der Waals surface area contributed by atoms with Gasteiger partial charge in [-0.05, 0) is 24.3 Å². The smallest absolute Gasteiger partial charge is 0.323 e. The van der Waals surface area contributed by atoms with Crippen LogP contribution in [0.3, 0.4) is 0 Å². The van der Waals surface area contributed by atoms with E-state index in [1.54, 1.807) is 18.2 Å². The Labute approximate surface area is 122 Å². The van der Waals surface area contributed by atoms with E-state index in [0.717, 1.165) is 0 Å². The number of hydrogen-bond donors (Lipinski definition) is 2. The minimum Gasteiger partial charge on any atom is -0.351 e. The normalized spacial score (nSPS) is 16.6. The van der Waals surface area contributed by atoms with Crippen LogP contribution in [-0.4, -0.2) is 36.0 Å². The Kier molecular flexibility index (Phi) is 4.71. The number of amides is 3. The Morgan fingerprint density at radius 3 is 2.76 bits per heavy atom. The summed E-state index contributed by atoms with van der Waals surface area (Å²) in [6.07, 6.45) is 4.99. The average molecular weight is 289 g/mol. The van der Waals surface area contributed by atoms with Gasteiger partial charge in [0.25, 0.3) is 0 Å². The SMILES string of the molecule is C=CCNC(=O)[C@H]1C=CCN1C(=O)Nc1ccc(F)cc1. The van der Waals surface area contributed by atoms with Crippen molar-refractivity contribution >= 4 is 17.6 Å². The van der Waals surface area contributed by atoms with Crippen LogP contribution in [0.15, 0.2) is 49.1 Å². The molecule has 110 valence electrons. The Bertz CT molecular complexity index is 569. The van der Waals surface area contributed by atoms with Crippen molar-refractivity contribution in [3.8, 4) is 0 Å². The molecule has 1 aliphatic heterocycles. The van der Waals surface area contributed by atoms with Crippen molar-refractivity contribution in [1.82, 2.24) is 10.2 Å². The third-order valence-corrected chi connectivity index (χ3v) is 3.00. The van der Waals surface area contributed by atoms with E-state index in [1.807, 2.05) is 0 Å². The molecule has 0 saturated carbocycles. The standard InChI is InChI=1S/C15H16FN3O2/c1-2-9-17-14(20)13-4-3-10-19(13)15(21)18-12-7-5-11(16)6-8-12/h2-8,13H,1,9-10H2,(H,17,20)(H,18,21)/t13-/m1/s1. The molecule has 5 nitrogen and oxygen atoms in total. The minimum atomic E-state index is -0.648. The van der Waals surface area contributed by atoms with Crippen molar-refractivity contribution < 1.29 is 14.0 Å². The molecule has 0 unspecified atom stereocenters. The summed E-state index contributed by atoms with van der Waals surface area (Å²) in [6.45, 7) is 4.21. The van der Waals surface area contributed by atoms with Gasteiger partial charge in [0, 0.05) is 18.8 Å². The lowest BCUT2D eigenvalue weighted by Crippen LogP contribution is -2.47. The summed E-state index contributed by atoms with van der Waals surface area (Å²) >= 11 is 0. The number of benzene rings is 1. The molecule has 0 bridgehead atoms. The molecular formula is C15H16FN3O2. The first-order chi connectivity index (χ1) is 10.1. The highest BCUT2D eigenvalue weighted by Crippen LogP contribution is 2.14. The second kappa shape index (κ2) is 6.69. The van der Waals surface area contributed by atoms with Gasteiger partial charge in [0.2, 0.25) is 5.91 Å². The monoisotopic (exact) mass is 289 g/mol. The number of nitrogens with zero attached hydrogens (tertiary/aromatic N) is 1. The molecule has 1 aliphatic rings. The van der Waals surface area contributed by atoms with Crippen molar-refractivity contribution in [2.75, 3.05) is 18.4 Å². The molecule has 3 amide bonds. The number of carbonyl (C=O) groups is 2. The highest BCUT2D eigenvalue weighted by molar-refractivity contribution is 5.95. The molecule has 0 spiro atoms. The van der Waals surface area contributed by atoms with E-state index in [9.17, 15) is 14.0 Å². The fraction of sp³-hybridized carbons (Fsp3) is 0.200. The highest BCUT2D eigenvalue weighted by Gasteiger charge is 2.30. The predicted molar refractivity (Wildman–Crippen MR) is 78.3 cm³/mol. The number of carbonyl (C=O) groups excluding carboxylic acids is 2. The lowest BCUT2D eigenvalue weighted by atomic mass is 10.2. The summed E-state index contributed by atoms with van der Waals surface area (Å²) in [5.41, 5.74) is 0.471. The summed E-state index contributed by atoms with van der Waals surface area (Å²) < 4.78 is 12.8. The van der Waals surface area contributed by atoms with Crippen LogP contribution in [0.1, 0.15) is 0 Å². The molecule has 21 heavy (non-hydrogen) atoms. The van der Waals surface area contributed by atoms with Crippen molar-refractivity contribution in [3.63, 3.8) is 0 Å². The third kappa shape index (κ3) is 3.68. The molecular weight excluding hydrogens is 273 g/mol. The molecule has 0 radical (unpaired) electrons. The zero-order valence-corrected chi connectivity index (χ0v) is 11.4. The molecule has 0 saturated heterocycles. The number of rotatable bonds is 4. The summed E-state index contributed by atoms with van der Waals surface area (Å²) in [7, 11) is 0. The van der Waals surface area contributed by atoms with Gasteiger partial charge in [-0.15, -0.1) is 6.58 Å². The summed E-state index contributed by atoms with van der Waals surface area (Å²) in [6, 6.07) is 4.38. The lowest BCUT2D eigenvalue weighted by Gasteiger charge is -2.24. The van der Waals surface area contributed by atoms with Crippen LogP contribution >= 0.6 is 0 Å². The van der Waals surface area contributed by atoms with Gasteiger partial charge in [-0.1, -0.05) is 18.2 Å². The molecule has 1 aromatic rings. The van der Waals surface area contributed by atoms with Crippen molar-refractivity contribution in [2.24, 2.45) is 0 Å². The average Bonchev–Trinajstić information content (AvgIpc) is 2.96. The van der Waals surface area contributed by atoms with Crippen LogP contribution in [0.25, 0.3) is 0 Å². The number of hydrogen-bond acceptors (Lipinski definition) is 2. The van der Waals surface area contributed by atoms with E-state index < -0.39 is 12.1 Å². The van der Waals surface area contributed by atoms with Gasteiger partial charge < -0.3 is 15.5 Å². The second-order valence-electron chi connectivity index (χ2n) is 4.50. The maximum atomic E-state index is 12.8. The van der Waals surface area contributed by atoms with Crippen molar-refractivity contribution in [2.45, 2.75) is 6.04 Å². The molecule has 0 fully saturated rings. The Morgan fingerprint density at radius 1 is 1.38 bits per heavy atom. The minimum absolute atomic E-state index is 0.266. The summed E-state index contributed by atoms with van der Waals surface area (Å²) in [4.78, 5) is 25.5. The largest absolute Gasteiger partial charge is 0.351 e. The second-order valence-corrected chi connectivity index (χ2v) is 4.50. The first-order valence-corrected chi connectivity index (χ1v) is 6.50. The molecule has 0 aromatic heterocycles. The molecule has 2 rings (SSSR count). The molecule has 0 aliphatic carbocycles. The van der Waals surface area contributed by atoms with Crippen LogP contribution in [0.5, 0.6) is 0 Å². The number of nitrogens with one attached hydrogen (secondary N) is 2. The van der Waals surface area contributed by atoms with Crippen LogP contribution in [-0.2, 0) is 4.79 Å². The van der Waals surface area contributed by atoms with Gasteiger partial charge in [-0.3, -0.25) is 4.79 Å². The van der Waals surface area contributed by atoms with Gasteiger partial charge in [0.05, 0.1) is 0 Å². The molecule has 1 aromatic carbocycles. The first kappa shape index (κ1) is 14.8. The van der Waals surface area contributed by atoms with Crippen LogP contribution < -0.4 is 10.6 Å². The maximum absolute atomic E-state index is 12.8. The third-order valence-electron chi connectivity index (χ3n) is 3.00. The fourth-order valence-electron chi connectivity index (χ4n) is 1.96. The topological polar surface area (TPSA) is 61.4 Å². The van der Waals surface area contributed by atoms with Gasteiger partial charge in [-0.25, -0.2) is 9.18 Å². The van der Waals surface area contributed by atoms with Gasteiger partial charge in [-0.2, -0.15) is 0 Å². The highest BCUT2D eigenvalue weighted by atomic mass is 19.1. The van der Waals surface area contributed by atoms with Gasteiger partial charge in [0.1, 0.15) is 11.9 Å². The van der Waals surface area contributed by atoms with E-state index in [4.69, 9.17) is 0 Å². The van der Waals surface area contributed by atoms with Crippen LogP contribution in [0, 0.1) is 5.82 Å². The van der Waals surface area contributed by atoms with Crippen LogP contribution in [0.4, 0.5) is 14.9 Å². The maximum Gasteiger partial charge on any atom is 0.323 e. The predicted octanol–water partition coefficient (Wildman–Crippen LogP) is 1.90. The fourth-order valence-corrected chi connectivity index (χ4v) is 1.96. The number of halogens is 1. The van der Waals surface area contributed by atoms with E-state index in [-0.39, 0.29) is 11.7 Å².